The van der Waals surface area contributed by atoms with Crippen molar-refractivity contribution in [3.05, 3.63) is 84.4 Å². The summed E-state index contributed by atoms with van der Waals surface area (Å²) in [5.74, 6) is -0.0577. The lowest BCUT2D eigenvalue weighted by atomic mass is 9.74. The molecule has 2 aromatic carbocycles. The second-order valence-corrected chi connectivity index (χ2v) is 7.15. The first kappa shape index (κ1) is 18.3. The molecule has 1 amide bonds. The summed E-state index contributed by atoms with van der Waals surface area (Å²) in [6.45, 7) is 2.05. The summed E-state index contributed by atoms with van der Waals surface area (Å²) >= 11 is 0. The van der Waals surface area contributed by atoms with E-state index >= 15 is 0 Å². The average molecular weight is 373 g/mol. The van der Waals surface area contributed by atoms with Gasteiger partial charge in [-0.25, -0.2) is 9.97 Å². The van der Waals surface area contributed by atoms with E-state index in [2.05, 4.69) is 39.6 Å². The van der Waals surface area contributed by atoms with Crippen molar-refractivity contribution in [2.24, 2.45) is 0 Å². The van der Waals surface area contributed by atoms with Gasteiger partial charge in [-0.05, 0) is 36.1 Å². The van der Waals surface area contributed by atoms with Gasteiger partial charge < -0.3 is 10.1 Å². The zero-order valence-corrected chi connectivity index (χ0v) is 15.7. The van der Waals surface area contributed by atoms with Gasteiger partial charge in [-0.3, -0.25) is 4.79 Å². The summed E-state index contributed by atoms with van der Waals surface area (Å²) < 4.78 is 5.57. The molecule has 1 aliphatic rings. The minimum Gasteiger partial charge on any atom is -0.381 e. The first-order valence-electron chi connectivity index (χ1n) is 9.54. The molecule has 2 heterocycles. The molecule has 1 aliphatic heterocycles. The Hall–Kier alpha value is -3.05. The molecule has 0 saturated carbocycles. The molecular formula is C23H23N3O2. The minimum absolute atomic E-state index is 0.0577. The third kappa shape index (κ3) is 3.94. The SMILES string of the molecule is O=C(NCC1(c2ccccc2)CCOCC1)c1ccc(-c2cncnc2)cc1. The number of aromatic nitrogens is 2. The zero-order chi connectivity index (χ0) is 19.2. The number of benzene rings is 2. The maximum absolute atomic E-state index is 12.7. The molecule has 0 atom stereocenters. The third-order valence-corrected chi connectivity index (χ3v) is 5.46. The minimum atomic E-state index is -0.0729. The van der Waals surface area contributed by atoms with E-state index < -0.39 is 0 Å². The molecule has 3 aromatic rings. The molecule has 0 unspecified atom stereocenters. The van der Waals surface area contributed by atoms with Crippen molar-refractivity contribution in [3.8, 4) is 11.1 Å². The number of nitrogens with one attached hydrogen (secondary N) is 1. The van der Waals surface area contributed by atoms with Crippen LogP contribution in [0, 0.1) is 0 Å². The van der Waals surface area contributed by atoms with E-state index in [4.69, 9.17) is 4.74 Å². The van der Waals surface area contributed by atoms with Crippen LogP contribution in [0.15, 0.2) is 73.3 Å². The largest absolute Gasteiger partial charge is 0.381 e. The highest BCUT2D eigenvalue weighted by Gasteiger charge is 2.34. The monoisotopic (exact) mass is 373 g/mol. The van der Waals surface area contributed by atoms with Crippen molar-refractivity contribution in [2.45, 2.75) is 18.3 Å². The van der Waals surface area contributed by atoms with Crippen molar-refractivity contribution < 1.29 is 9.53 Å². The Labute approximate surface area is 164 Å². The third-order valence-electron chi connectivity index (χ3n) is 5.46. The molecule has 1 N–H and O–H groups in total. The number of carbonyl (C=O) groups is 1. The van der Waals surface area contributed by atoms with E-state index in [0.29, 0.717) is 12.1 Å². The Bertz CT molecular complexity index is 906. The second-order valence-electron chi connectivity index (χ2n) is 7.15. The van der Waals surface area contributed by atoms with Crippen molar-refractivity contribution in [1.29, 1.82) is 0 Å². The average Bonchev–Trinajstić information content (AvgIpc) is 2.79. The Balaban J connectivity index is 1.47. The van der Waals surface area contributed by atoms with Crippen LogP contribution in [0.5, 0.6) is 0 Å². The van der Waals surface area contributed by atoms with Crippen molar-refractivity contribution in [1.82, 2.24) is 15.3 Å². The summed E-state index contributed by atoms with van der Waals surface area (Å²) in [4.78, 5) is 20.8. The molecule has 0 bridgehead atoms. The van der Waals surface area contributed by atoms with Crippen LogP contribution < -0.4 is 5.32 Å². The maximum atomic E-state index is 12.7. The highest BCUT2D eigenvalue weighted by Crippen LogP contribution is 2.34. The van der Waals surface area contributed by atoms with Gasteiger partial charge in [0.2, 0.25) is 0 Å². The van der Waals surface area contributed by atoms with Crippen LogP contribution in [0.2, 0.25) is 0 Å². The van der Waals surface area contributed by atoms with E-state index in [9.17, 15) is 4.79 Å². The maximum Gasteiger partial charge on any atom is 0.251 e. The van der Waals surface area contributed by atoms with Gasteiger partial charge >= 0.3 is 0 Å². The number of nitrogens with zero attached hydrogens (tertiary/aromatic N) is 2. The fourth-order valence-electron chi connectivity index (χ4n) is 3.74. The van der Waals surface area contributed by atoms with Crippen LogP contribution in [0.3, 0.4) is 0 Å². The first-order chi connectivity index (χ1) is 13.8. The molecule has 0 aliphatic carbocycles. The van der Waals surface area contributed by atoms with Gasteiger partial charge in [0.25, 0.3) is 5.91 Å². The van der Waals surface area contributed by atoms with E-state index in [1.54, 1.807) is 12.4 Å². The number of hydrogen-bond acceptors (Lipinski definition) is 4. The summed E-state index contributed by atoms with van der Waals surface area (Å²) in [6, 6.07) is 18.0. The smallest absolute Gasteiger partial charge is 0.251 e. The molecule has 0 radical (unpaired) electrons. The first-order valence-corrected chi connectivity index (χ1v) is 9.54. The Morgan fingerprint density at radius 1 is 0.929 bits per heavy atom. The topological polar surface area (TPSA) is 64.1 Å². The van der Waals surface area contributed by atoms with E-state index in [1.165, 1.54) is 11.9 Å². The second kappa shape index (κ2) is 8.31. The van der Waals surface area contributed by atoms with Crippen molar-refractivity contribution >= 4 is 5.91 Å². The molecule has 5 nitrogen and oxygen atoms in total. The van der Waals surface area contributed by atoms with Crippen LogP contribution in [0.1, 0.15) is 28.8 Å². The van der Waals surface area contributed by atoms with Crippen LogP contribution in [0.4, 0.5) is 0 Å². The van der Waals surface area contributed by atoms with E-state index in [-0.39, 0.29) is 11.3 Å². The lowest BCUT2D eigenvalue weighted by Gasteiger charge is -2.38. The Morgan fingerprint density at radius 2 is 1.61 bits per heavy atom. The van der Waals surface area contributed by atoms with E-state index in [1.807, 2.05) is 30.3 Å². The van der Waals surface area contributed by atoms with Crippen LogP contribution >= 0.6 is 0 Å². The predicted octanol–water partition coefficient (Wildman–Crippen LogP) is 3.62. The summed E-state index contributed by atoms with van der Waals surface area (Å²) in [5.41, 5.74) is 3.76. The molecule has 28 heavy (non-hydrogen) atoms. The Kier molecular flexibility index (Phi) is 5.44. The summed E-state index contributed by atoms with van der Waals surface area (Å²) in [6.07, 6.45) is 6.84. The van der Waals surface area contributed by atoms with Crippen LogP contribution in [-0.4, -0.2) is 35.6 Å². The van der Waals surface area contributed by atoms with Crippen molar-refractivity contribution in [2.75, 3.05) is 19.8 Å². The number of amides is 1. The zero-order valence-electron chi connectivity index (χ0n) is 15.7. The molecule has 1 fully saturated rings. The Morgan fingerprint density at radius 3 is 2.29 bits per heavy atom. The number of ether oxygens (including phenoxy) is 1. The highest BCUT2D eigenvalue weighted by atomic mass is 16.5. The molecule has 0 spiro atoms. The van der Waals surface area contributed by atoms with Gasteiger partial charge in [-0.15, -0.1) is 0 Å². The van der Waals surface area contributed by atoms with Gasteiger partial charge in [-0.2, -0.15) is 0 Å². The molecule has 1 aromatic heterocycles. The van der Waals surface area contributed by atoms with Gasteiger partial charge in [0.05, 0.1) is 0 Å². The van der Waals surface area contributed by atoms with Gasteiger partial charge in [-0.1, -0.05) is 42.5 Å². The lowest BCUT2D eigenvalue weighted by molar-refractivity contribution is 0.0487. The fourth-order valence-corrected chi connectivity index (χ4v) is 3.74. The van der Waals surface area contributed by atoms with Crippen LogP contribution in [-0.2, 0) is 10.2 Å². The van der Waals surface area contributed by atoms with Crippen molar-refractivity contribution in [3.63, 3.8) is 0 Å². The molecule has 4 rings (SSSR count). The number of carbonyl (C=O) groups excluding carboxylic acids is 1. The lowest BCUT2D eigenvalue weighted by Crippen LogP contribution is -2.44. The van der Waals surface area contributed by atoms with E-state index in [0.717, 1.165) is 37.2 Å². The molecule has 1 saturated heterocycles. The number of hydrogen-bond donors (Lipinski definition) is 1. The summed E-state index contributed by atoms with van der Waals surface area (Å²) in [7, 11) is 0. The van der Waals surface area contributed by atoms with Gasteiger partial charge in [0.15, 0.2) is 0 Å². The fraction of sp³-hybridized carbons (Fsp3) is 0.261. The van der Waals surface area contributed by atoms with Gasteiger partial charge in [0.1, 0.15) is 6.33 Å². The number of rotatable bonds is 5. The normalized spacial score (nSPS) is 15.7. The van der Waals surface area contributed by atoms with Crippen LogP contribution in [0.25, 0.3) is 11.1 Å². The quantitative estimate of drug-likeness (QED) is 0.742. The van der Waals surface area contributed by atoms with Gasteiger partial charge in [0, 0.05) is 48.7 Å². The summed E-state index contributed by atoms with van der Waals surface area (Å²) in [5, 5.41) is 3.15. The standard InChI is InChI=1S/C23H23N3O2/c27-22(19-8-6-18(7-9-19)20-14-24-17-25-15-20)26-16-23(10-12-28-13-11-23)21-4-2-1-3-5-21/h1-9,14-15,17H,10-13,16H2,(H,26,27). The highest BCUT2D eigenvalue weighted by molar-refractivity contribution is 5.94. The molecular weight excluding hydrogens is 350 g/mol. The molecule has 5 heteroatoms. The predicted molar refractivity (Wildman–Crippen MR) is 108 cm³/mol. The molecule has 142 valence electrons.